The van der Waals surface area contributed by atoms with E-state index in [4.69, 9.17) is 4.74 Å². The standard InChI is InChI=1S/C17H19N7O2/c1-17(2,14-10-24(23-22-14)12-7-5-4-6-8-12)21-16(25)20-13-9-18-11-19-15(13)26-3/h4-11H,1-3H3,(H2,20,21,25). The average molecular weight is 353 g/mol. The van der Waals surface area contributed by atoms with Gasteiger partial charge in [0.2, 0.25) is 5.88 Å². The number of nitrogens with one attached hydrogen (secondary N) is 2. The summed E-state index contributed by atoms with van der Waals surface area (Å²) in [4.78, 5) is 20.2. The first kappa shape index (κ1) is 17.3. The molecule has 0 aliphatic rings. The van der Waals surface area contributed by atoms with Gasteiger partial charge in [-0.2, -0.15) is 4.98 Å². The number of amides is 2. The lowest BCUT2D eigenvalue weighted by molar-refractivity contribution is 0.241. The minimum atomic E-state index is -0.750. The molecule has 0 spiro atoms. The van der Waals surface area contributed by atoms with E-state index in [0.29, 0.717) is 11.4 Å². The highest BCUT2D eigenvalue weighted by molar-refractivity contribution is 5.90. The van der Waals surface area contributed by atoms with Crippen LogP contribution in [-0.2, 0) is 5.54 Å². The zero-order valence-corrected chi connectivity index (χ0v) is 14.7. The van der Waals surface area contributed by atoms with Crippen LogP contribution in [0, 0.1) is 0 Å². The van der Waals surface area contributed by atoms with Gasteiger partial charge in [0.1, 0.15) is 17.7 Å². The lowest BCUT2D eigenvalue weighted by atomic mass is 10.0. The van der Waals surface area contributed by atoms with Gasteiger partial charge in [-0.15, -0.1) is 5.10 Å². The van der Waals surface area contributed by atoms with Crippen LogP contribution in [0.5, 0.6) is 5.88 Å². The summed E-state index contributed by atoms with van der Waals surface area (Å²) in [6.07, 6.45) is 4.58. The molecule has 3 aromatic rings. The van der Waals surface area contributed by atoms with Crippen molar-refractivity contribution in [3.05, 3.63) is 54.7 Å². The Morgan fingerprint density at radius 3 is 2.73 bits per heavy atom. The predicted molar refractivity (Wildman–Crippen MR) is 95.1 cm³/mol. The predicted octanol–water partition coefficient (Wildman–Crippen LogP) is 2.12. The lowest BCUT2D eigenvalue weighted by Crippen LogP contribution is -2.43. The van der Waals surface area contributed by atoms with Crippen LogP contribution in [0.1, 0.15) is 19.5 Å². The molecule has 0 radical (unpaired) electrons. The number of nitrogens with zero attached hydrogens (tertiary/aromatic N) is 5. The van der Waals surface area contributed by atoms with Gasteiger partial charge in [-0.1, -0.05) is 23.4 Å². The first-order chi connectivity index (χ1) is 12.5. The zero-order chi connectivity index (χ0) is 18.6. The molecule has 0 aliphatic carbocycles. The summed E-state index contributed by atoms with van der Waals surface area (Å²) >= 11 is 0. The van der Waals surface area contributed by atoms with E-state index in [1.807, 2.05) is 44.2 Å². The topological polar surface area (TPSA) is 107 Å². The number of carbonyl (C=O) groups is 1. The summed E-state index contributed by atoms with van der Waals surface area (Å²) in [5.41, 5.74) is 1.13. The fraction of sp³-hybridized carbons (Fsp3) is 0.235. The second kappa shape index (κ2) is 7.18. The lowest BCUT2D eigenvalue weighted by Gasteiger charge is -2.23. The largest absolute Gasteiger partial charge is 0.479 e. The van der Waals surface area contributed by atoms with Crippen LogP contribution >= 0.6 is 0 Å². The second-order valence-electron chi connectivity index (χ2n) is 6.03. The van der Waals surface area contributed by atoms with E-state index in [9.17, 15) is 4.79 Å². The molecule has 9 nitrogen and oxygen atoms in total. The van der Waals surface area contributed by atoms with Crippen molar-refractivity contribution in [2.24, 2.45) is 0 Å². The van der Waals surface area contributed by atoms with Gasteiger partial charge in [0.05, 0.1) is 30.7 Å². The minimum absolute atomic E-state index is 0.281. The molecule has 0 saturated heterocycles. The van der Waals surface area contributed by atoms with Crippen molar-refractivity contribution in [3.63, 3.8) is 0 Å². The Morgan fingerprint density at radius 1 is 1.23 bits per heavy atom. The molecule has 134 valence electrons. The number of hydrogen-bond acceptors (Lipinski definition) is 6. The fourth-order valence-electron chi connectivity index (χ4n) is 2.33. The summed E-state index contributed by atoms with van der Waals surface area (Å²) in [5, 5.41) is 13.8. The normalized spacial score (nSPS) is 11.0. The van der Waals surface area contributed by atoms with Crippen molar-refractivity contribution in [1.29, 1.82) is 0 Å². The molecule has 2 heterocycles. The quantitative estimate of drug-likeness (QED) is 0.728. The van der Waals surface area contributed by atoms with Crippen LogP contribution in [0.25, 0.3) is 5.69 Å². The third-order valence-corrected chi connectivity index (χ3v) is 3.70. The molecule has 0 unspecified atom stereocenters. The third-order valence-electron chi connectivity index (χ3n) is 3.70. The Hall–Kier alpha value is -3.49. The third kappa shape index (κ3) is 3.77. The molecule has 2 aromatic heterocycles. The number of para-hydroxylation sites is 1. The molecule has 0 aliphatic heterocycles. The minimum Gasteiger partial charge on any atom is -0.479 e. The van der Waals surface area contributed by atoms with E-state index in [2.05, 4.69) is 30.9 Å². The van der Waals surface area contributed by atoms with Crippen LogP contribution in [0.15, 0.2) is 49.1 Å². The van der Waals surface area contributed by atoms with Crippen molar-refractivity contribution in [3.8, 4) is 11.6 Å². The smallest absolute Gasteiger partial charge is 0.320 e. The van der Waals surface area contributed by atoms with Crippen molar-refractivity contribution in [2.45, 2.75) is 19.4 Å². The SMILES string of the molecule is COc1ncncc1NC(=O)NC(C)(C)c1cn(-c2ccccc2)nn1. The molecule has 3 rings (SSSR count). The number of ether oxygens (including phenoxy) is 1. The van der Waals surface area contributed by atoms with Crippen molar-refractivity contribution in [1.82, 2.24) is 30.3 Å². The van der Waals surface area contributed by atoms with Gasteiger partial charge < -0.3 is 15.4 Å². The summed E-state index contributed by atoms with van der Waals surface area (Å²) < 4.78 is 6.75. The molecular formula is C17H19N7O2. The Bertz CT molecular complexity index is 893. The van der Waals surface area contributed by atoms with Gasteiger partial charge in [-0.05, 0) is 26.0 Å². The Labute approximate surface area is 150 Å². The zero-order valence-electron chi connectivity index (χ0n) is 14.7. The molecule has 2 amide bonds. The first-order valence-electron chi connectivity index (χ1n) is 7.91. The van der Waals surface area contributed by atoms with E-state index >= 15 is 0 Å². The van der Waals surface area contributed by atoms with E-state index in [0.717, 1.165) is 5.69 Å². The fourth-order valence-corrected chi connectivity index (χ4v) is 2.33. The van der Waals surface area contributed by atoms with Crippen molar-refractivity contribution < 1.29 is 9.53 Å². The summed E-state index contributed by atoms with van der Waals surface area (Å²) in [7, 11) is 1.47. The van der Waals surface area contributed by atoms with E-state index in [1.165, 1.54) is 19.6 Å². The van der Waals surface area contributed by atoms with Crippen LogP contribution in [0.4, 0.5) is 10.5 Å². The van der Waals surface area contributed by atoms with Gasteiger partial charge in [-0.25, -0.2) is 14.5 Å². The maximum Gasteiger partial charge on any atom is 0.320 e. The Morgan fingerprint density at radius 2 is 2.00 bits per heavy atom. The van der Waals surface area contributed by atoms with Crippen molar-refractivity contribution >= 4 is 11.7 Å². The first-order valence-corrected chi connectivity index (χ1v) is 7.91. The molecule has 0 fully saturated rings. The highest BCUT2D eigenvalue weighted by Crippen LogP contribution is 2.21. The maximum atomic E-state index is 12.4. The molecule has 26 heavy (non-hydrogen) atoms. The molecule has 2 N–H and O–H groups in total. The Balaban J connectivity index is 1.72. The molecule has 0 bridgehead atoms. The monoisotopic (exact) mass is 353 g/mol. The number of methoxy groups -OCH3 is 1. The van der Waals surface area contributed by atoms with Gasteiger partial charge >= 0.3 is 6.03 Å². The van der Waals surface area contributed by atoms with Crippen LogP contribution in [0.2, 0.25) is 0 Å². The van der Waals surface area contributed by atoms with Gasteiger partial charge in [0, 0.05) is 0 Å². The van der Waals surface area contributed by atoms with E-state index in [1.54, 1.807) is 10.9 Å². The van der Waals surface area contributed by atoms with Crippen LogP contribution in [0.3, 0.4) is 0 Å². The summed E-state index contributed by atoms with van der Waals surface area (Å²) in [6.45, 7) is 3.68. The van der Waals surface area contributed by atoms with E-state index < -0.39 is 11.6 Å². The highest BCUT2D eigenvalue weighted by Gasteiger charge is 2.27. The molecular weight excluding hydrogens is 334 g/mol. The van der Waals surface area contributed by atoms with E-state index in [-0.39, 0.29) is 5.88 Å². The van der Waals surface area contributed by atoms with Crippen LogP contribution in [-0.4, -0.2) is 38.1 Å². The summed E-state index contributed by atoms with van der Waals surface area (Å²) in [6, 6.07) is 9.18. The number of aromatic nitrogens is 5. The Kier molecular flexibility index (Phi) is 4.78. The number of urea groups is 1. The second-order valence-corrected chi connectivity index (χ2v) is 6.03. The molecule has 0 atom stereocenters. The molecule has 9 heteroatoms. The molecule has 0 saturated carbocycles. The molecule has 1 aromatic carbocycles. The van der Waals surface area contributed by atoms with Gasteiger partial charge in [-0.3, -0.25) is 0 Å². The van der Waals surface area contributed by atoms with Crippen molar-refractivity contribution in [2.75, 3.05) is 12.4 Å². The van der Waals surface area contributed by atoms with Gasteiger partial charge in [0.15, 0.2) is 0 Å². The highest BCUT2D eigenvalue weighted by atomic mass is 16.5. The number of carbonyl (C=O) groups excluding carboxylic acids is 1. The summed E-state index contributed by atoms with van der Waals surface area (Å²) in [5.74, 6) is 0.281. The number of rotatable bonds is 5. The number of hydrogen-bond donors (Lipinski definition) is 2. The van der Waals surface area contributed by atoms with Gasteiger partial charge in [0.25, 0.3) is 0 Å². The average Bonchev–Trinajstić information content (AvgIpc) is 3.13. The maximum absolute atomic E-state index is 12.4. The number of anilines is 1. The van der Waals surface area contributed by atoms with Crippen LogP contribution < -0.4 is 15.4 Å². The number of benzene rings is 1.